The van der Waals surface area contributed by atoms with E-state index in [1.165, 1.54) is 11.8 Å². The van der Waals surface area contributed by atoms with E-state index in [9.17, 15) is 27.2 Å². The minimum Gasteiger partial charge on any atom is -0.494 e. The number of piperazine rings is 1. The molecule has 9 rings (SSSR count). The van der Waals surface area contributed by atoms with E-state index in [2.05, 4.69) is 42.1 Å². The normalized spacial score (nSPS) is 20.1. The number of halogens is 3. The van der Waals surface area contributed by atoms with Crippen molar-refractivity contribution in [3.63, 3.8) is 0 Å². The maximum Gasteiger partial charge on any atom is 0.301 e. The van der Waals surface area contributed by atoms with Gasteiger partial charge in [-0.05, 0) is 78.4 Å². The summed E-state index contributed by atoms with van der Waals surface area (Å²) < 4.78 is 79.1. The van der Waals surface area contributed by atoms with Crippen LogP contribution < -0.4 is 19.7 Å². The van der Waals surface area contributed by atoms with Crippen LogP contribution in [-0.4, -0.2) is 115 Å². The van der Waals surface area contributed by atoms with E-state index in [-0.39, 0.29) is 42.9 Å². The molecule has 0 radical (unpaired) electrons. The summed E-state index contributed by atoms with van der Waals surface area (Å²) in [4.78, 5) is 51.8. The molecule has 324 valence electrons. The van der Waals surface area contributed by atoms with Gasteiger partial charge in [0.05, 0.1) is 23.9 Å². The van der Waals surface area contributed by atoms with Gasteiger partial charge in [-0.15, -0.1) is 0 Å². The lowest BCUT2D eigenvalue weighted by Crippen LogP contribution is -2.50. The fourth-order valence-electron chi connectivity index (χ4n) is 8.74. The summed E-state index contributed by atoms with van der Waals surface area (Å²) in [5, 5.41) is 2.79. The van der Waals surface area contributed by atoms with Crippen molar-refractivity contribution < 1.29 is 40.7 Å². The number of piperidine rings is 1. The number of anilines is 2. The Bertz CT molecular complexity index is 2650. The van der Waals surface area contributed by atoms with Gasteiger partial charge in [0.25, 0.3) is 0 Å². The van der Waals surface area contributed by atoms with Crippen LogP contribution in [0.3, 0.4) is 0 Å². The molecule has 6 heterocycles. The summed E-state index contributed by atoms with van der Waals surface area (Å²) in [6.07, 6.45) is 3.40. The molecule has 14 nitrogen and oxygen atoms in total. The Kier molecular flexibility index (Phi) is 11.5. The third-order valence-corrected chi connectivity index (χ3v) is 13.7. The van der Waals surface area contributed by atoms with Gasteiger partial charge in [0.15, 0.2) is 5.82 Å². The van der Waals surface area contributed by atoms with Gasteiger partial charge in [-0.25, -0.2) is 18.2 Å². The highest BCUT2D eigenvalue weighted by Gasteiger charge is 2.36. The fourth-order valence-corrected chi connectivity index (χ4v) is 10.0. The number of carbonyl (C=O) groups is 3. The minimum absolute atomic E-state index is 0.00539. The molecule has 3 fully saturated rings. The number of alkyl halides is 1. The van der Waals surface area contributed by atoms with Crippen LogP contribution in [-0.2, 0) is 32.9 Å². The van der Waals surface area contributed by atoms with Gasteiger partial charge < -0.3 is 14.6 Å². The summed E-state index contributed by atoms with van der Waals surface area (Å²) in [6, 6.07) is 17.2. The number of carbonyl (C=O) groups excluding carboxylic acids is 3. The van der Waals surface area contributed by atoms with Gasteiger partial charge in [-0.1, -0.05) is 18.2 Å². The molecule has 0 spiro atoms. The lowest BCUT2D eigenvalue weighted by Gasteiger charge is -2.36. The Morgan fingerprint density at radius 3 is 2.47 bits per heavy atom. The van der Waals surface area contributed by atoms with Gasteiger partial charge in [0.1, 0.15) is 23.4 Å². The first-order chi connectivity index (χ1) is 29.9. The molecule has 2 aromatic heterocycles. The van der Waals surface area contributed by atoms with Crippen LogP contribution in [0.5, 0.6) is 5.75 Å². The van der Waals surface area contributed by atoms with E-state index in [4.69, 9.17) is 4.74 Å². The van der Waals surface area contributed by atoms with Crippen molar-refractivity contribution in [2.24, 2.45) is 0 Å². The van der Waals surface area contributed by atoms with Crippen LogP contribution >= 0.6 is 0 Å². The molecule has 62 heavy (non-hydrogen) atoms. The first kappa shape index (κ1) is 41.5. The maximum absolute atomic E-state index is 15.7. The third kappa shape index (κ3) is 8.51. The highest BCUT2D eigenvalue weighted by molar-refractivity contribution is 7.90. The summed E-state index contributed by atoms with van der Waals surface area (Å²) in [7, 11) is -4.35. The van der Waals surface area contributed by atoms with Crippen LogP contribution in [0.2, 0.25) is 0 Å². The second-order valence-corrected chi connectivity index (χ2v) is 17.8. The number of ether oxygens (including phenoxy) is 1. The third-order valence-electron chi connectivity index (χ3n) is 12.2. The van der Waals surface area contributed by atoms with E-state index in [1.54, 1.807) is 12.3 Å². The molecule has 4 aliphatic heterocycles. The van der Waals surface area contributed by atoms with Crippen LogP contribution in [0, 0.1) is 11.6 Å². The van der Waals surface area contributed by atoms with Crippen molar-refractivity contribution in [1.29, 1.82) is 0 Å². The first-order valence-corrected chi connectivity index (χ1v) is 22.2. The summed E-state index contributed by atoms with van der Waals surface area (Å²) in [5.74, 6) is -3.16. The number of hydrogen-bond acceptors (Lipinski definition) is 10. The highest BCUT2D eigenvalue weighted by Crippen LogP contribution is 2.33. The van der Waals surface area contributed by atoms with Crippen LogP contribution in [0.1, 0.15) is 52.7 Å². The molecule has 0 aliphatic carbocycles. The smallest absolute Gasteiger partial charge is 0.301 e. The standard InChI is InChI=1S/C44H45F3N8O6S/c45-31-12-14-55(26-31)62(59,60)51-37-9-8-36(46)40(41(37)47)42(57)35-23-49-43-34(35)21-29(22-48-43)27-2-5-32(6-3-27)53-17-15-52(16-18-53)13-1-19-61-33-7-4-28-24-54(25-30(28)20-33)38-10-11-39(56)50-44(38)58/h2-9,20-23,31,38,51H,1,10-19,24-26H2,(H,48,49)(H,50,56,58)/t31-,38?/m1/s1. The Morgan fingerprint density at radius 2 is 1.71 bits per heavy atom. The monoisotopic (exact) mass is 870 g/mol. The SMILES string of the molecule is O=C1CCC(N2Cc3ccc(OCCCN4CCN(c5ccc(-c6cnc7[nH]cc(C(=O)c8c(F)ccc(NS(=O)(=O)N9CC[C@@H](F)C9)c8F)c7c6)cc5)CC4)cc3C2)C(=O)N1. The Labute approximate surface area is 356 Å². The molecule has 2 amide bonds. The number of nitrogens with one attached hydrogen (secondary N) is 3. The van der Waals surface area contributed by atoms with Gasteiger partial charge in [0, 0.05) is 99.9 Å². The van der Waals surface area contributed by atoms with E-state index in [0.717, 1.165) is 78.1 Å². The zero-order valence-corrected chi connectivity index (χ0v) is 34.5. The molecule has 3 aromatic carbocycles. The number of fused-ring (bicyclic) bond motifs is 2. The highest BCUT2D eigenvalue weighted by atomic mass is 32.2. The van der Waals surface area contributed by atoms with Crippen molar-refractivity contribution >= 4 is 50.2 Å². The largest absolute Gasteiger partial charge is 0.494 e. The molecule has 4 aliphatic rings. The number of hydrogen-bond donors (Lipinski definition) is 3. The molecule has 18 heteroatoms. The molecular weight excluding hydrogens is 826 g/mol. The Balaban J connectivity index is 0.775. The number of H-pyrrole nitrogens is 1. The van der Waals surface area contributed by atoms with Gasteiger partial charge in [-0.3, -0.25) is 34.2 Å². The quantitative estimate of drug-likeness (QED) is 0.0821. The van der Waals surface area contributed by atoms with E-state index >= 15 is 8.78 Å². The molecule has 2 atom stereocenters. The second-order valence-electron chi connectivity index (χ2n) is 16.2. The average Bonchev–Trinajstić information content (AvgIpc) is 4.02. The van der Waals surface area contributed by atoms with Crippen molar-refractivity contribution in [3.05, 3.63) is 107 Å². The number of amides is 2. The number of nitrogens with zero attached hydrogens (tertiary/aromatic N) is 5. The summed E-state index contributed by atoms with van der Waals surface area (Å²) in [6.45, 7) is 5.85. The molecule has 3 saturated heterocycles. The number of pyridine rings is 1. The van der Waals surface area contributed by atoms with Crippen LogP contribution in [0.4, 0.5) is 24.5 Å². The molecule has 0 bridgehead atoms. The molecule has 5 aromatic rings. The number of imide groups is 1. The second kappa shape index (κ2) is 17.2. The maximum atomic E-state index is 15.7. The van der Waals surface area contributed by atoms with E-state index < -0.39 is 45.0 Å². The number of aromatic nitrogens is 2. The van der Waals surface area contributed by atoms with Gasteiger partial charge in [-0.2, -0.15) is 12.7 Å². The zero-order chi connectivity index (χ0) is 43.1. The van der Waals surface area contributed by atoms with Crippen LogP contribution in [0.15, 0.2) is 73.1 Å². The molecule has 0 saturated carbocycles. The first-order valence-electron chi connectivity index (χ1n) is 20.7. The number of benzene rings is 3. The number of rotatable bonds is 13. The van der Waals surface area contributed by atoms with Gasteiger partial charge >= 0.3 is 10.2 Å². The predicted octanol–water partition coefficient (Wildman–Crippen LogP) is 5.15. The predicted molar refractivity (Wildman–Crippen MR) is 226 cm³/mol. The minimum atomic E-state index is -4.35. The fraction of sp³-hybridized carbons (Fsp3) is 0.364. The average molecular weight is 871 g/mol. The number of aromatic amines is 1. The number of ketones is 1. The van der Waals surface area contributed by atoms with Crippen molar-refractivity contribution in [2.45, 2.75) is 51.0 Å². The summed E-state index contributed by atoms with van der Waals surface area (Å²) >= 11 is 0. The van der Waals surface area contributed by atoms with Crippen molar-refractivity contribution in [1.82, 2.24) is 29.4 Å². The van der Waals surface area contributed by atoms with Crippen LogP contribution in [0.25, 0.3) is 22.2 Å². The van der Waals surface area contributed by atoms with Crippen molar-refractivity contribution in [3.8, 4) is 16.9 Å². The van der Waals surface area contributed by atoms with Crippen molar-refractivity contribution in [2.75, 3.05) is 62.0 Å². The lowest BCUT2D eigenvalue weighted by molar-refractivity contribution is -0.137. The van der Waals surface area contributed by atoms with E-state index in [1.807, 2.05) is 35.1 Å². The Morgan fingerprint density at radius 1 is 0.919 bits per heavy atom. The Hall–Kier alpha value is -5.82. The zero-order valence-electron chi connectivity index (χ0n) is 33.7. The topological polar surface area (TPSA) is 160 Å². The van der Waals surface area contributed by atoms with Gasteiger partial charge in [0.2, 0.25) is 17.6 Å². The van der Waals surface area contributed by atoms with E-state index in [0.29, 0.717) is 49.1 Å². The molecular formula is C44H45F3N8O6S. The lowest BCUT2D eigenvalue weighted by atomic mass is 9.99. The summed E-state index contributed by atoms with van der Waals surface area (Å²) in [5.41, 5.74) is 3.61. The molecule has 1 unspecified atom stereocenters. The molecule has 3 N–H and O–H groups in total.